The van der Waals surface area contributed by atoms with Crippen LogP contribution in [-0.2, 0) is 9.53 Å². The predicted molar refractivity (Wildman–Crippen MR) is 96.4 cm³/mol. The van der Waals surface area contributed by atoms with Gasteiger partial charge in [0.1, 0.15) is 6.04 Å². The van der Waals surface area contributed by atoms with Crippen LogP contribution in [-0.4, -0.2) is 60.1 Å². The van der Waals surface area contributed by atoms with Crippen LogP contribution < -0.4 is 5.32 Å². The van der Waals surface area contributed by atoms with E-state index in [0.29, 0.717) is 19.7 Å². The summed E-state index contributed by atoms with van der Waals surface area (Å²) in [4.78, 5) is 29.1. The molecule has 0 saturated carbocycles. The van der Waals surface area contributed by atoms with Crippen molar-refractivity contribution in [3.8, 4) is 0 Å². The summed E-state index contributed by atoms with van der Waals surface area (Å²) in [5.74, 6) is 0.0603. The van der Waals surface area contributed by atoms with Gasteiger partial charge in [0.2, 0.25) is 5.91 Å². The number of para-hydroxylation sites is 1. The van der Waals surface area contributed by atoms with Gasteiger partial charge in [-0.25, -0.2) is 4.79 Å². The van der Waals surface area contributed by atoms with E-state index in [0.717, 1.165) is 37.9 Å². The Bertz CT molecular complexity index is 591. The van der Waals surface area contributed by atoms with Gasteiger partial charge in [0, 0.05) is 31.9 Å². The lowest BCUT2D eigenvalue weighted by molar-refractivity contribution is -0.139. The fraction of sp³-hybridized carbons (Fsp3) is 0.579. The first-order valence-corrected chi connectivity index (χ1v) is 9.22. The Labute approximate surface area is 149 Å². The standard InChI is InChI=1S/C19H27N3O3/c1-2-25-16-10-6-12-21(14-16)18(23)17-11-7-13-22(17)19(24)20-15-8-4-3-5-9-15/h3-5,8-9,16-17H,2,6-7,10-14H2,1H3,(H,20,24)/t16-,17-/m1/s1. The number of ether oxygens (including phenoxy) is 1. The summed E-state index contributed by atoms with van der Waals surface area (Å²) >= 11 is 0. The molecule has 2 fully saturated rings. The Hall–Kier alpha value is -2.08. The van der Waals surface area contributed by atoms with Crippen molar-refractivity contribution in [3.05, 3.63) is 30.3 Å². The lowest BCUT2D eigenvalue weighted by Gasteiger charge is -2.36. The highest BCUT2D eigenvalue weighted by Crippen LogP contribution is 2.23. The molecule has 1 N–H and O–H groups in total. The van der Waals surface area contributed by atoms with Crippen molar-refractivity contribution in [1.82, 2.24) is 9.80 Å². The second-order valence-corrected chi connectivity index (χ2v) is 6.65. The number of hydrogen-bond acceptors (Lipinski definition) is 3. The van der Waals surface area contributed by atoms with E-state index in [4.69, 9.17) is 4.74 Å². The molecular weight excluding hydrogens is 318 g/mol. The van der Waals surface area contributed by atoms with E-state index in [2.05, 4.69) is 5.32 Å². The average molecular weight is 345 g/mol. The number of likely N-dealkylation sites (tertiary alicyclic amines) is 2. The number of nitrogens with zero attached hydrogens (tertiary/aromatic N) is 2. The highest BCUT2D eigenvalue weighted by Gasteiger charge is 2.38. The van der Waals surface area contributed by atoms with Crippen LogP contribution in [0.25, 0.3) is 0 Å². The zero-order valence-corrected chi connectivity index (χ0v) is 14.8. The number of piperidine rings is 1. The molecule has 2 aliphatic heterocycles. The zero-order valence-electron chi connectivity index (χ0n) is 14.8. The van der Waals surface area contributed by atoms with Gasteiger partial charge in [-0.15, -0.1) is 0 Å². The van der Waals surface area contributed by atoms with E-state index in [-0.39, 0.29) is 24.1 Å². The third kappa shape index (κ3) is 4.31. The van der Waals surface area contributed by atoms with Crippen molar-refractivity contribution >= 4 is 17.6 Å². The van der Waals surface area contributed by atoms with E-state index in [1.54, 1.807) is 4.90 Å². The van der Waals surface area contributed by atoms with Gasteiger partial charge >= 0.3 is 6.03 Å². The van der Waals surface area contributed by atoms with Crippen LogP contribution in [0.4, 0.5) is 10.5 Å². The van der Waals surface area contributed by atoms with E-state index >= 15 is 0 Å². The Kier molecular flexibility index (Phi) is 5.91. The molecule has 0 aliphatic carbocycles. The van der Waals surface area contributed by atoms with Crippen molar-refractivity contribution in [1.29, 1.82) is 0 Å². The minimum absolute atomic E-state index is 0.0603. The van der Waals surface area contributed by atoms with Crippen molar-refractivity contribution in [2.45, 2.75) is 44.8 Å². The van der Waals surface area contributed by atoms with E-state index in [1.165, 1.54) is 0 Å². The van der Waals surface area contributed by atoms with Gasteiger partial charge in [0.15, 0.2) is 0 Å². The zero-order chi connectivity index (χ0) is 17.6. The molecule has 0 radical (unpaired) electrons. The van der Waals surface area contributed by atoms with Crippen LogP contribution in [0.1, 0.15) is 32.6 Å². The fourth-order valence-corrected chi connectivity index (χ4v) is 3.70. The Morgan fingerprint density at radius 1 is 1.16 bits per heavy atom. The van der Waals surface area contributed by atoms with E-state index in [9.17, 15) is 9.59 Å². The SMILES string of the molecule is CCO[C@@H]1CCCN(C(=O)[C@H]2CCCN2C(=O)Nc2ccccc2)C1. The minimum atomic E-state index is -0.357. The van der Waals surface area contributed by atoms with Gasteiger partial charge in [0.05, 0.1) is 6.10 Å². The summed E-state index contributed by atoms with van der Waals surface area (Å²) in [6.45, 7) is 4.66. The van der Waals surface area contributed by atoms with Crippen LogP contribution in [0.5, 0.6) is 0 Å². The average Bonchev–Trinajstić information content (AvgIpc) is 3.12. The minimum Gasteiger partial charge on any atom is -0.377 e. The summed E-state index contributed by atoms with van der Waals surface area (Å²) in [5, 5.41) is 2.89. The van der Waals surface area contributed by atoms with Crippen molar-refractivity contribution in [3.63, 3.8) is 0 Å². The van der Waals surface area contributed by atoms with Gasteiger partial charge in [-0.05, 0) is 44.7 Å². The van der Waals surface area contributed by atoms with Gasteiger partial charge in [-0.3, -0.25) is 4.79 Å². The number of hydrogen-bond donors (Lipinski definition) is 1. The molecule has 1 aromatic rings. The molecule has 2 heterocycles. The highest BCUT2D eigenvalue weighted by molar-refractivity contribution is 5.94. The van der Waals surface area contributed by atoms with Crippen LogP contribution in [0.3, 0.4) is 0 Å². The number of carbonyl (C=O) groups excluding carboxylic acids is 2. The molecule has 3 amide bonds. The van der Waals surface area contributed by atoms with Crippen LogP contribution >= 0.6 is 0 Å². The largest absolute Gasteiger partial charge is 0.377 e. The first-order chi connectivity index (χ1) is 12.2. The smallest absolute Gasteiger partial charge is 0.322 e. The Morgan fingerprint density at radius 2 is 1.92 bits per heavy atom. The van der Waals surface area contributed by atoms with Crippen molar-refractivity contribution in [2.75, 3.05) is 31.6 Å². The molecule has 0 spiro atoms. The first-order valence-electron chi connectivity index (χ1n) is 9.22. The monoisotopic (exact) mass is 345 g/mol. The van der Waals surface area contributed by atoms with Gasteiger partial charge in [-0.2, -0.15) is 0 Å². The third-order valence-corrected chi connectivity index (χ3v) is 4.92. The topological polar surface area (TPSA) is 61.9 Å². The fourth-order valence-electron chi connectivity index (χ4n) is 3.70. The molecule has 0 unspecified atom stereocenters. The molecule has 1 aromatic carbocycles. The number of amides is 3. The van der Waals surface area contributed by atoms with E-state index < -0.39 is 0 Å². The number of carbonyl (C=O) groups is 2. The number of anilines is 1. The summed E-state index contributed by atoms with van der Waals surface area (Å²) < 4.78 is 5.69. The van der Waals surface area contributed by atoms with Crippen LogP contribution in [0.2, 0.25) is 0 Å². The molecule has 0 aromatic heterocycles. The molecule has 6 heteroatoms. The van der Waals surface area contributed by atoms with E-state index in [1.807, 2.05) is 42.2 Å². The quantitative estimate of drug-likeness (QED) is 0.913. The van der Waals surface area contributed by atoms with Crippen LogP contribution in [0, 0.1) is 0 Å². The molecule has 2 saturated heterocycles. The molecule has 2 atom stereocenters. The first kappa shape index (κ1) is 17.7. The molecule has 136 valence electrons. The van der Waals surface area contributed by atoms with Crippen LogP contribution in [0.15, 0.2) is 30.3 Å². The molecule has 0 bridgehead atoms. The van der Waals surface area contributed by atoms with Gasteiger partial charge in [0.25, 0.3) is 0 Å². The highest BCUT2D eigenvalue weighted by atomic mass is 16.5. The number of rotatable bonds is 4. The second kappa shape index (κ2) is 8.34. The lowest BCUT2D eigenvalue weighted by Crippen LogP contribution is -2.52. The second-order valence-electron chi connectivity index (χ2n) is 6.65. The maximum atomic E-state index is 13.0. The molecule has 25 heavy (non-hydrogen) atoms. The Morgan fingerprint density at radius 3 is 2.68 bits per heavy atom. The van der Waals surface area contributed by atoms with Gasteiger partial charge < -0.3 is 19.9 Å². The summed E-state index contributed by atoms with van der Waals surface area (Å²) in [7, 11) is 0. The molecule has 2 aliphatic rings. The van der Waals surface area contributed by atoms with Gasteiger partial charge in [-0.1, -0.05) is 18.2 Å². The number of urea groups is 1. The third-order valence-electron chi connectivity index (χ3n) is 4.92. The maximum absolute atomic E-state index is 13.0. The Balaban J connectivity index is 1.62. The molecule has 3 rings (SSSR count). The number of nitrogens with one attached hydrogen (secondary N) is 1. The lowest BCUT2D eigenvalue weighted by atomic mass is 10.1. The summed E-state index contributed by atoms with van der Waals surface area (Å²) in [6.07, 6.45) is 3.67. The summed E-state index contributed by atoms with van der Waals surface area (Å²) in [6, 6.07) is 8.81. The summed E-state index contributed by atoms with van der Waals surface area (Å²) in [5.41, 5.74) is 0.750. The molecule has 6 nitrogen and oxygen atoms in total. The van der Waals surface area contributed by atoms with Crippen molar-refractivity contribution < 1.29 is 14.3 Å². The maximum Gasteiger partial charge on any atom is 0.322 e. The predicted octanol–water partition coefficient (Wildman–Crippen LogP) is 2.71. The van der Waals surface area contributed by atoms with Crippen molar-refractivity contribution in [2.24, 2.45) is 0 Å². The normalized spacial score (nSPS) is 23.6. The number of benzene rings is 1. The molecular formula is C19H27N3O3.